The van der Waals surface area contributed by atoms with E-state index in [0.29, 0.717) is 12.0 Å². The molecule has 0 radical (unpaired) electrons. The third-order valence-corrected chi connectivity index (χ3v) is 2.99. The summed E-state index contributed by atoms with van der Waals surface area (Å²) in [6.07, 6.45) is -2.81. The molecule has 4 N–H and O–H groups in total. The van der Waals surface area contributed by atoms with E-state index < -0.39 is 37.0 Å². The molecule has 0 aliphatic rings. The number of aliphatic hydroxyl groups is 4. The minimum absolute atomic E-state index is 0.0194. The molecule has 0 saturated heterocycles. The average Bonchev–Trinajstić information content (AvgIpc) is 2.50. The fraction of sp³-hybridized carbons (Fsp3) is 0.429. The first-order valence-electron chi connectivity index (χ1n) is 6.26. The average molecular weight is 282 g/mol. The van der Waals surface area contributed by atoms with Crippen LogP contribution in [0.5, 0.6) is 0 Å². The quantitative estimate of drug-likeness (QED) is 0.493. The van der Waals surface area contributed by atoms with Gasteiger partial charge in [-0.25, -0.2) is 0 Å². The van der Waals surface area contributed by atoms with Crippen LogP contribution in [0.25, 0.3) is 0 Å². The first-order valence-corrected chi connectivity index (χ1v) is 6.26. The van der Waals surface area contributed by atoms with Crippen molar-refractivity contribution >= 4 is 11.6 Å². The number of benzene rings is 1. The molecule has 6 nitrogen and oxygen atoms in total. The molecule has 2 atom stereocenters. The second-order valence-corrected chi connectivity index (χ2v) is 4.32. The molecular formula is C14H18O6. The van der Waals surface area contributed by atoms with Crippen molar-refractivity contribution in [1.82, 2.24) is 0 Å². The monoisotopic (exact) mass is 282 g/mol. The van der Waals surface area contributed by atoms with E-state index >= 15 is 0 Å². The van der Waals surface area contributed by atoms with Crippen LogP contribution in [0.15, 0.2) is 18.2 Å². The fourth-order valence-corrected chi connectivity index (χ4v) is 1.90. The molecule has 0 aliphatic carbocycles. The van der Waals surface area contributed by atoms with Gasteiger partial charge in [-0.3, -0.25) is 9.59 Å². The van der Waals surface area contributed by atoms with Crippen LogP contribution in [-0.2, 0) is 6.42 Å². The van der Waals surface area contributed by atoms with Crippen molar-refractivity contribution in [2.45, 2.75) is 25.6 Å². The number of carbonyl (C=O) groups is 2. The van der Waals surface area contributed by atoms with E-state index in [9.17, 15) is 19.8 Å². The van der Waals surface area contributed by atoms with Gasteiger partial charge in [0.15, 0.2) is 11.6 Å². The summed E-state index contributed by atoms with van der Waals surface area (Å²) in [5.74, 6) is -1.57. The van der Waals surface area contributed by atoms with Gasteiger partial charge in [-0.2, -0.15) is 0 Å². The smallest absolute Gasteiger partial charge is 0.194 e. The van der Waals surface area contributed by atoms with Gasteiger partial charge in [0.1, 0.15) is 12.2 Å². The van der Waals surface area contributed by atoms with Gasteiger partial charge in [0.25, 0.3) is 0 Å². The summed E-state index contributed by atoms with van der Waals surface area (Å²) >= 11 is 0. The van der Waals surface area contributed by atoms with Crippen molar-refractivity contribution in [1.29, 1.82) is 0 Å². The predicted molar refractivity (Wildman–Crippen MR) is 70.7 cm³/mol. The molecule has 0 heterocycles. The zero-order chi connectivity index (χ0) is 15.3. The molecule has 20 heavy (non-hydrogen) atoms. The lowest BCUT2D eigenvalue weighted by atomic mass is 9.90. The van der Waals surface area contributed by atoms with Crippen LogP contribution in [0.1, 0.15) is 33.2 Å². The molecule has 6 heteroatoms. The van der Waals surface area contributed by atoms with Crippen LogP contribution in [0.3, 0.4) is 0 Å². The van der Waals surface area contributed by atoms with Gasteiger partial charge in [0.05, 0.1) is 13.2 Å². The SMILES string of the molecule is CCc1cccc(C(=O)C(O)CO)c1C(=O)C(O)CO. The number of Topliss-reactive ketones (excluding diaryl/α,β-unsaturated/α-hetero) is 2. The number of hydrogen-bond donors (Lipinski definition) is 4. The van der Waals surface area contributed by atoms with Crippen molar-refractivity contribution in [3.8, 4) is 0 Å². The second kappa shape index (κ2) is 7.25. The van der Waals surface area contributed by atoms with Crippen LogP contribution in [0.2, 0.25) is 0 Å². The number of aliphatic hydroxyl groups excluding tert-OH is 4. The number of ketones is 2. The highest BCUT2D eigenvalue weighted by atomic mass is 16.3. The van der Waals surface area contributed by atoms with Gasteiger partial charge < -0.3 is 20.4 Å². The molecule has 0 saturated carbocycles. The molecule has 0 fully saturated rings. The summed E-state index contributed by atoms with van der Waals surface area (Å²) in [7, 11) is 0. The molecule has 0 spiro atoms. The summed E-state index contributed by atoms with van der Waals surface area (Å²) in [4.78, 5) is 24.1. The summed E-state index contributed by atoms with van der Waals surface area (Å²) < 4.78 is 0. The third kappa shape index (κ3) is 3.29. The topological polar surface area (TPSA) is 115 Å². The van der Waals surface area contributed by atoms with E-state index in [1.54, 1.807) is 19.1 Å². The Kier molecular flexibility index (Phi) is 5.97. The Labute approximate surface area is 116 Å². The summed E-state index contributed by atoms with van der Waals surface area (Å²) in [5.41, 5.74) is 0.441. The van der Waals surface area contributed by atoms with Crippen molar-refractivity contribution in [3.05, 3.63) is 34.9 Å². The summed E-state index contributed by atoms with van der Waals surface area (Å²) in [5, 5.41) is 36.6. The molecule has 110 valence electrons. The maximum atomic E-state index is 12.1. The zero-order valence-electron chi connectivity index (χ0n) is 11.1. The highest BCUT2D eigenvalue weighted by Gasteiger charge is 2.27. The first-order chi connectivity index (χ1) is 9.47. The lowest BCUT2D eigenvalue weighted by Crippen LogP contribution is -2.31. The van der Waals surface area contributed by atoms with Crippen LogP contribution in [0, 0.1) is 0 Å². The third-order valence-electron chi connectivity index (χ3n) is 2.99. The van der Waals surface area contributed by atoms with Crippen molar-refractivity contribution in [3.63, 3.8) is 0 Å². The van der Waals surface area contributed by atoms with Gasteiger partial charge >= 0.3 is 0 Å². The number of aryl methyl sites for hydroxylation is 1. The minimum Gasteiger partial charge on any atom is -0.393 e. The minimum atomic E-state index is -1.63. The molecule has 1 rings (SSSR count). The largest absolute Gasteiger partial charge is 0.393 e. The Morgan fingerprint density at radius 3 is 2.10 bits per heavy atom. The second-order valence-electron chi connectivity index (χ2n) is 4.32. The van der Waals surface area contributed by atoms with Crippen LogP contribution >= 0.6 is 0 Å². The lowest BCUT2D eigenvalue weighted by molar-refractivity contribution is 0.0555. The van der Waals surface area contributed by atoms with Crippen LogP contribution in [0.4, 0.5) is 0 Å². The Morgan fingerprint density at radius 1 is 1.05 bits per heavy atom. The molecule has 1 aromatic rings. The van der Waals surface area contributed by atoms with Crippen molar-refractivity contribution < 1.29 is 30.0 Å². The summed E-state index contributed by atoms with van der Waals surface area (Å²) in [6.45, 7) is 0.257. The molecule has 2 unspecified atom stereocenters. The fourth-order valence-electron chi connectivity index (χ4n) is 1.90. The number of hydrogen-bond acceptors (Lipinski definition) is 6. The first kappa shape index (κ1) is 16.5. The molecule has 0 aromatic heterocycles. The van der Waals surface area contributed by atoms with E-state index in [4.69, 9.17) is 10.2 Å². The Hall–Kier alpha value is -1.60. The van der Waals surface area contributed by atoms with E-state index in [1.807, 2.05) is 0 Å². The van der Waals surface area contributed by atoms with Crippen LogP contribution < -0.4 is 0 Å². The highest BCUT2D eigenvalue weighted by Crippen LogP contribution is 2.20. The van der Waals surface area contributed by atoms with Crippen molar-refractivity contribution in [2.24, 2.45) is 0 Å². The van der Waals surface area contributed by atoms with E-state index in [-0.39, 0.29) is 11.1 Å². The number of carbonyl (C=O) groups excluding carboxylic acids is 2. The van der Waals surface area contributed by atoms with E-state index in [1.165, 1.54) is 6.07 Å². The maximum Gasteiger partial charge on any atom is 0.194 e. The van der Waals surface area contributed by atoms with Gasteiger partial charge in [-0.1, -0.05) is 25.1 Å². The standard InChI is InChI=1S/C14H18O6/c1-2-8-4-3-5-9(13(19)10(17)6-15)12(8)14(20)11(18)7-16/h3-5,10-11,15-18H,2,6-7H2,1H3. The zero-order valence-corrected chi connectivity index (χ0v) is 11.1. The van der Waals surface area contributed by atoms with Crippen LogP contribution in [-0.4, -0.2) is 57.4 Å². The number of rotatable bonds is 7. The normalized spacial score (nSPS) is 13.8. The van der Waals surface area contributed by atoms with Gasteiger partial charge in [-0.15, -0.1) is 0 Å². The van der Waals surface area contributed by atoms with Gasteiger partial charge in [0.2, 0.25) is 0 Å². The summed E-state index contributed by atoms with van der Waals surface area (Å²) in [6, 6.07) is 4.52. The van der Waals surface area contributed by atoms with E-state index in [0.717, 1.165) is 0 Å². The molecule has 0 aliphatic heterocycles. The van der Waals surface area contributed by atoms with Crippen molar-refractivity contribution in [2.75, 3.05) is 13.2 Å². The molecule has 1 aromatic carbocycles. The molecule has 0 bridgehead atoms. The predicted octanol–water partition coefficient (Wildman–Crippen LogP) is -0.679. The lowest BCUT2D eigenvalue weighted by Gasteiger charge is -2.16. The molecular weight excluding hydrogens is 264 g/mol. The molecule has 0 amide bonds. The Bertz CT molecular complexity index is 496. The van der Waals surface area contributed by atoms with E-state index in [2.05, 4.69) is 0 Å². The Morgan fingerprint density at radius 2 is 1.60 bits per heavy atom. The van der Waals surface area contributed by atoms with Gasteiger partial charge in [0, 0.05) is 11.1 Å². The Balaban J connectivity index is 3.38. The maximum absolute atomic E-state index is 12.1. The highest BCUT2D eigenvalue weighted by molar-refractivity contribution is 6.12. The van der Waals surface area contributed by atoms with Gasteiger partial charge in [-0.05, 0) is 12.0 Å².